The average Bonchev–Trinajstić information content (AvgIpc) is 2.95. The molecule has 0 aliphatic heterocycles. The molecule has 0 spiro atoms. The Labute approximate surface area is 245 Å². The number of amides is 1. The highest BCUT2D eigenvalue weighted by atomic mass is 32.2. The molecule has 4 N–H and O–H groups in total. The summed E-state index contributed by atoms with van der Waals surface area (Å²) in [7, 11) is -3.72. The number of hydrogen-bond acceptors (Lipinski definition) is 8. The topological polar surface area (TPSA) is 140 Å². The second kappa shape index (κ2) is 12.1. The number of nitrogen functional groups attached to an aromatic ring is 1. The van der Waals surface area contributed by atoms with Crippen molar-refractivity contribution in [1.29, 1.82) is 0 Å². The third kappa shape index (κ3) is 6.95. The van der Waals surface area contributed by atoms with E-state index in [0.29, 0.717) is 22.8 Å². The molecule has 0 fully saturated rings. The molecule has 0 aliphatic rings. The van der Waals surface area contributed by atoms with Crippen molar-refractivity contribution in [3.8, 4) is 0 Å². The maximum absolute atomic E-state index is 14.0. The Morgan fingerprint density at radius 3 is 2.49 bits per heavy atom. The molecule has 224 valence electrons. The number of carbonyl (C=O) groups excluding carboxylic acids is 2. The molecule has 43 heavy (non-hydrogen) atoms. The number of hydrogen-bond donors (Lipinski definition) is 3. The molecule has 0 saturated carbocycles. The normalized spacial score (nSPS) is 13.1. The van der Waals surface area contributed by atoms with E-state index in [0.717, 1.165) is 6.26 Å². The first-order valence-electron chi connectivity index (χ1n) is 12.7. The van der Waals surface area contributed by atoms with E-state index in [4.69, 9.17) is 10.5 Å². The molecule has 0 aliphatic carbocycles. The van der Waals surface area contributed by atoms with Crippen LogP contribution in [0.15, 0.2) is 96.5 Å². The van der Waals surface area contributed by atoms with Crippen molar-refractivity contribution in [3.63, 3.8) is 0 Å². The van der Waals surface area contributed by atoms with Crippen LogP contribution in [0.2, 0.25) is 0 Å². The number of nitrogens with zero attached hydrogens (tertiary/aromatic N) is 1. The van der Waals surface area contributed by atoms with Gasteiger partial charge in [0.2, 0.25) is 0 Å². The van der Waals surface area contributed by atoms with E-state index in [2.05, 4.69) is 22.2 Å². The van der Waals surface area contributed by atoms with Gasteiger partial charge in [-0.05, 0) is 59.3 Å². The van der Waals surface area contributed by atoms with E-state index in [-0.39, 0.29) is 27.5 Å². The van der Waals surface area contributed by atoms with E-state index >= 15 is 0 Å². The second-order valence-electron chi connectivity index (χ2n) is 9.58. The fraction of sp³-hybridized carbons (Fsp3) is 0.167. The number of pyridine rings is 1. The van der Waals surface area contributed by atoms with Gasteiger partial charge < -0.3 is 21.1 Å². The summed E-state index contributed by atoms with van der Waals surface area (Å²) in [6.45, 7) is 3.25. The van der Waals surface area contributed by atoms with Crippen LogP contribution in [0.3, 0.4) is 0 Å². The zero-order valence-electron chi connectivity index (χ0n) is 22.8. The highest BCUT2D eigenvalue weighted by Gasteiger charge is 2.51. The van der Waals surface area contributed by atoms with E-state index in [1.54, 1.807) is 30.3 Å². The van der Waals surface area contributed by atoms with Crippen LogP contribution >= 0.6 is 0 Å². The summed E-state index contributed by atoms with van der Waals surface area (Å²) in [6, 6.07) is 17.8. The van der Waals surface area contributed by atoms with Crippen molar-refractivity contribution in [2.75, 3.05) is 17.3 Å². The summed E-state index contributed by atoms with van der Waals surface area (Å²) in [4.78, 5) is 30.3. The highest BCUT2D eigenvalue weighted by molar-refractivity contribution is 7.90. The SMILES string of the molecule is C=CCc1cccc(C(Nc2ccc3c(N)nccc3c2)(OC(=O)C(F)(F)F)C(=O)NCc2ccccc2S(C)(=O)=O)c1. The van der Waals surface area contributed by atoms with Gasteiger partial charge in [-0.3, -0.25) is 4.79 Å². The number of ether oxygens (including phenoxy) is 1. The Hall–Kier alpha value is -4.91. The fourth-order valence-corrected chi connectivity index (χ4v) is 5.41. The minimum Gasteiger partial charge on any atom is -0.418 e. The van der Waals surface area contributed by atoms with Gasteiger partial charge >= 0.3 is 12.1 Å². The predicted molar refractivity (Wildman–Crippen MR) is 155 cm³/mol. The third-order valence-corrected chi connectivity index (χ3v) is 7.63. The van der Waals surface area contributed by atoms with Gasteiger partial charge in [0.25, 0.3) is 11.6 Å². The monoisotopic (exact) mass is 612 g/mol. The number of benzene rings is 3. The summed E-state index contributed by atoms with van der Waals surface area (Å²) in [5, 5.41) is 6.26. The molecular weight excluding hydrogens is 585 g/mol. The first-order chi connectivity index (χ1) is 20.2. The third-order valence-electron chi connectivity index (χ3n) is 6.44. The Morgan fingerprint density at radius 1 is 1.05 bits per heavy atom. The Balaban J connectivity index is 1.88. The lowest BCUT2D eigenvalue weighted by Crippen LogP contribution is -2.54. The molecule has 1 atom stereocenters. The number of nitrogens with one attached hydrogen (secondary N) is 2. The number of carbonyl (C=O) groups is 2. The number of esters is 1. The van der Waals surface area contributed by atoms with Gasteiger partial charge in [-0.1, -0.05) is 42.5 Å². The highest BCUT2D eigenvalue weighted by Crippen LogP contribution is 2.34. The zero-order valence-corrected chi connectivity index (χ0v) is 23.6. The number of alkyl halides is 3. The van der Waals surface area contributed by atoms with E-state index in [1.807, 2.05) is 0 Å². The van der Waals surface area contributed by atoms with Crippen molar-refractivity contribution in [2.24, 2.45) is 0 Å². The molecule has 1 heterocycles. The molecule has 0 radical (unpaired) electrons. The van der Waals surface area contributed by atoms with Gasteiger partial charge in [0.15, 0.2) is 9.84 Å². The van der Waals surface area contributed by atoms with Crippen molar-refractivity contribution < 1.29 is 35.9 Å². The average molecular weight is 613 g/mol. The molecule has 1 aromatic heterocycles. The Kier molecular flexibility index (Phi) is 8.76. The molecule has 9 nitrogen and oxygen atoms in total. The van der Waals surface area contributed by atoms with Gasteiger partial charge in [-0.15, -0.1) is 6.58 Å². The molecule has 0 saturated heterocycles. The molecule has 4 aromatic rings. The maximum atomic E-state index is 14.0. The lowest BCUT2D eigenvalue weighted by atomic mass is 9.97. The Bertz CT molecular complexity index is 1810. The standard InChI is InChI=1S/C30H27F3N4O5S/c1-3-7-19-8-6-10-22(16-19)29(42-28(39)30(31,32)33,37-23-12-13-24-20(17-23)14-15-35-26(24)34)27(38)36-18-21-9-4-5-11-25(21)43(2,40)41/h3-6,8-17,37H,1,7,18H2,2H3,(H2,34,35)(H,36,38). The molecular formula is C30H27F3N4O5S. The number of allylic oxidation sites excluding steroid dienone is 1. The van der Waals surface area contributed by atoms with Crippen LogP contribution in [0.25, 0.3) is 10.8 Å². The Morgan fingerprint density at radius 2 is 1.79 bits per heavy atom. The van der Waals surface area contributed by atoms with Crippen LogP contribution in [-0.4, -0.2) is 37.7 Å². The predicted octanol–water partition coefficient (Wildman–Crippen LogP) is 4.64. The van der Waals surface area contributed by atoms with Crippen molar-refractivity contribution in [2.45, 2.75) is 29.8 Å². The van der Waals surface area contributed by atoms with E-state index < -0.39 is 40.2 Å². The number of anilines is 2. The number of halogens is 3. The smallest absolute Gasteiger partial charge is 0.418 e. The van der Waals surface area contributed by atoms with Crippen molar-refractivity contribution >= 4 is 44.0 Å². The van der Waals surface area contributed by atoms with E-state index in [1.165, 1.54) is 54.7 Å². The summed E-state index contributed by atoms with van der Waals surface area (Å²) in [6.07, 6.45) is -1.19. The number of fused-ring (bicyclic) bond motifs is 1. The lowest BCUT2D eigenvalue weighted by Gasteiger charge is -2.34. The first-order valence-corrected chi connectivity index (χ1v) is 14.6. The molecule has 4 rings (SSSR count). The number of sulfone groups is 1. The van der Waals surface area contributed by atoms with Crippen LogP contribution in [0, 0.1) is 0 Å². The number of rotatable bonds is 10. The van der Waals surface area contributed by atoms with Crippen LogP contribution in [-0.2, 0) is 42.9 Å². The second-order valence-corrected chi connectivity index (χ2v) is 11.6. The molecule has 1 amide bonds. The summed E-state index contributed by atoms with van der Waals surface area (Å²) in [5.41, 5.74) is 3.87. The van der Waals surface area contributed by atoms with Gasteiger partial charge in [-0.2, -0.15) is 13.2 Å². The minimum atomic E-state index is -5.46. The molecule has 13 heteroatoms. The van der Waals surface area contributed by atoms with Gasteiger partial charge in [0, 0.05) is 35.6 Å². The first kappa shape index (κ1) is 31.0. The minimum absolute atomic E-state index is 0.0881. The summed E-state index contributed by atoms with van der Waals surface area (Å²) < 4.78 is 70.6. The quantitative estimate of drug-likeness (QED) is 0.134. The zero-order chi connectivity index (χ0) is 31.4. The van der Waals surface area contributed by atoms with Crippen LogP contribution in [0.4, 0.5) is 24.7 Å². The fourth-order valence-electron chi connectivity index (χ4n) is 4.47. The van der Waals surface area contributed by atoms with Crippen LogP contribution < -0.4 is 16.4 Å². The lowest BCUT2D eigenvalue weighted by molar-refractivity contribution is -0.213. The molecule has 0 bridgehead atoms. The number of nitrogens with two attached hydrogens (primary N) is 1. The van der Waals surface area contributed by atoms with Crippen molar-refractivity contribution in [3.05, 3.63) is 108 Å². The van der Waals surface area contributed by atoms with Crippen LogP contribution in [0.1, 0.15) is 16.7 Å². The molecule has 3 aromatic carbocycles. The maximum Gasteiger partial charge on any atom is 0.491 e. The molecule has 1 unspecified atom stereocenters. The van der Waals surface area contributed by atoms with Gasteiger partial charge in [0.1, 0.15) is 5.82 Å². The summed E-state index contributed by atoms with van der Waals surface area (Å²) in [5.74, 6) is -3.62. The van der Waals surface area contributed by atoms with Gasteiger partial charge in [-0.25, -0.2) is 18.2 Å². The number of aromatic nitrogens is 1. The summed E-state index contributed by atoms with van der Waals surface area (Å²) >= 11 is 0. The van der Waals surface area contributed by atoms with Crippen LogP contribution in [0.5, 0.6) is 0 Å². The van der Waals surface area contributed by atoms with Crippen molar-refractivity contribution in [1.82, 2.24) is 10.3 Å². The van der Waals surface area contributed by atoms with Gasteiger partial charge in [0.05, 0.1) is 4.90 Å². The largest absolute Gasteiger partial charge is 0.491 e. The van der Waals surface area contributed by atoms with E-state index in [9.17, 15) is 31.2 Å².